The fourth-order valence-corrected chi connectivity index (χ4v) is 4.29. The van der Waals surface area contributed by atoms with Crippen molar-refractivity contribution in [3.63, 3.8) is 0 Å². The van der Waals surface area contributed by atoms with Crippen molar-refractivity contribution in [3.05, 3.63) is 23.8 Å². The number of anilines is 2. The molecular formula is C20H25F2N3O4. The Morgan fingerprint density at radius 1 is 1.21 bits per heavy atom. The molecule has 9 heteroatoms. The normalized spacial score (nSPS) is 28.4. The Balaban J connectivity index is 1.45. The number of fused-ring (bicyclic) bond motifs is 1. The number of halogens is 2. The van der Waals surface area contributed by atoms with Crippen molar-refractivity contribution in [3.8, 4) is 0 Å². The molecule has 4 rings (SSSR count). The average molecular weight is 409 g/mol. The van der Waals surface area contributed by atoms with Crippen LogP contribution >= 0.6 is 0 Å². The molecule has 1 aromatic carbocycles. The molecule has 3 aliphatic rings. The zero-order chi connectivity index (χ0) is 21.1. The van der Waals surface area contributed by atoms with Crippen LogP contribution in [0.4, 0.5) is 25.0 Å². The first kappa shape index (κ1) is 19.9. The standard InChI is InChI=1S/C20H25F2N3O4/c1-20(2,3)29-18(26)16-12-8-24(9-13(12)16)17-14(21)4-10(5-15(17)22)25-7-11(6-23)28-19(25)27/h4-5,11-13,16H,6-9,23H2,1-3H3. The minimum absolute atomic E-state index is 0.0437. The van der Waals surface area contributed by atoms with Crippen LogP contribution in [0.5, 0.6) is 0 Å². The van der Waals surface area contributed by atoms with Gasteiger partial charge in [-0.3, -0.25) is 9.69 Å². The number of piperidine rings is 1. The molecule has 1 amide bonds. The van der Waals surface area contributed by atoms with Crippen molar-refractivity contribution in [2.24, 2.45) is 23.5 Å². The molecule has 3 atom stereocenters. The molecule has 2 N–H and O–H groups in total. The first-order valence-corrected chi connectivity index (χ1v) is 9.74. The van der Waals surface area contributed by atoms with Gasteiger partial charge in [-0.2, -0.15) is 0 Å². The summed E-state index contributed by atoms with van der Waals surface area (Å²) in [6.07, 6.45) is -1.17. The summed E-state index contributed by atoms with van der Waals surface area (Å²) in [5.41, 5.74) is 4.91. The third-order valence-electron chi connectivity index (χ3n) is 5.64. The van der Waals surface area contributed by atoms with Crippen LogP contribution < -0.4 is 15.5 Å². The van der Waals surface area contributed by atoms with Crippen LogP contribution in [0.25, 0.3) is 0 Å². The van der Waals surface area contributed by atoms with Crippen LogP contribution in [0, 0.1) is 29.4 Å². The predicted molar refractivity (Wildman–Crippen MR) is 102 cm³/mol. The second-order valence-electron chi connectivity index (χ2n) is 8.90. The molecule has 3 unspecified atom stereocenters. The molecule has 2 saturated heterocycles. The first-order valence-electron chi connectivity index (χ1n) is 9.74. The van der Waals surface area contributed by atoms with E-state index in [-0.39, 0.29) is 48.2 Å². The third kappa shape index (κ3) is 3.63. The van der Waals surface area contributed by atoms with Crippen LogP contribution in [-0.4, -0.2) is 49.9 Å². The summed E-state index contributed by atoms with van der Waals surface area (Å²) in [4.78, 5) is 26.9. The number of hydrogen-bond acceptors (Lipinski definition) is 6. The van der Waals surface area contributed by atoms with E-state index in [0.29, 0.717) is 13.1 Å². The number of amides is 1. The maximum Gasteiger partial charge on any atom is 0.414 e. The summed E-state index contributed by atoms with van der Waals surface area (Å²) in [6, 6.07) is 2.27. The number of carbonyl (C=O) groups is 2. The number of carbonyl (C=O) groups excluding carboxylic acids is 2. The van der Waals surface area contributed by atoms with Crippen LogP contribution in [-0.2, 0) is 14.3 Å². The molecule has 0 bridgehead atoms. The number of hydrogen-bond donors (Lipinski definition) is 1. The largest absolute Gasteiger partial charge is 0.460 e. The van der Waals surface area contributed by atoms with Crippen LogP contribution in [0.3, 0.4) is 0 Å². The highest BCUT2D eigenvalue weighted by molar-refractivity contribution is 5.90. The van der Waals surface area contributed by atoms with Crippen LogP contribution in [0.1, 0.15) is 20.8 Å². The first-order chi connectivity index (χ1) is 13.6. The fourth-order valence-electron chi connectivity index (χ4n) is 4.29. The van der Waals surface area contributed by atoms with E-state index in [1.165, 1.54) is 4.90 Å². The van der Waals surface area contributed by atoms with Gasteiger partial charge in [0.15, 0.2) is 11.6 Å². The van der Waals surface area contributed by atoms with Gasteiger partial charge in [-0.25, -0.2) is 13.6 Å². The molecule has 1 aliphatic carbocycles. The van der Waals surface area contributed by atoms with Gasteiger partial charge in [-0.05, 0) is 32.6 Å². The lowest BCUT2D eigenvalue weighted by atomic mass is 10.1. The number of rotatable bonds is 4. The van der Waals surface area contributed by atoms with Gasteiger partial charge in [0.2, 0.25) is 0 Å². The van der Waals surface area contributed by atoms with Crippen molar-refractivity contribution >= 4 is 23.4 Å². The van der Waals surface area contributed by atoms with Crippen molar-refractivity contribution in [2.45, 2.75) is 32.5 Å². The minimum atomic E-state index is -0.751. The lowest BCUT2D eigenvalue weighted by Gasteiger charge is -2.25. The van der Waals surface area contributed by atoms with E-state index in [4.69, 9.17) is 15.2 Å². The summed E-state index contributed by atoms with van der Waals surface area (Å²) < 4.78 is 40.0. The molecule has 7 nitrogen and oxygen atoms in total. The maximum absolute atomic E-state index is 14.8. The van der Waals surface area contributed by atoms with Crippen LogP contribution in [0.15, 0.2) is 12.1 Å². The molecule has 1 saturated carbocycles. The van der Waals surface area contributed by atoms with Gasteiger partial charge in [0.25, 0.3) is 0 Å². The zero-order valence-electron chi connectivity index (χ0n) is 16.7. The Labute approximate surface area is 167 Å². The number of cyclic esters (lactones) is 1. The Kier molecular flexibility index (Phi) is 4.68. The van der Waals surface area contributed by atoms with E-state index in [1.54, 1.807) is 4.90 Å². The van der Waals surface area contributed by atoms with Crippen LogP contribution in [0.2, 0.25) is 0 Å². The lowest BCUT2D eigenvalue weighted by Crippen LogP contribution is -2.31. The van der Waals surface area contributed by atoms with Gasteiger partial charge >= 0.3 is 12.1 Å². The molecule has 2 heterocycles. The highest BCUT2D eigenvalue weighted by Crippen LogP contribution is 2.54. The average Bonchev–Trinajstić information content (AvgIpc) is 2.94. The lowest BCUT2D eigenvalue weighted by molar-refractivity contribution is -0.157. The zero-order valence-corrected chi connectivity index (χ0v) is 16.7. The summed E-state index contributed by atoms with van der Waals surface area (Å²) in [7, 11) is 0. The smallest absolute Gasteiger partial charge is 0.414 e. The van der Waals surface area contributed by atoms with Crippen molar-refractivity contribution < 1.29 is 27.8 Å². The van der Waals surface area contributed by atoms with Gasteiger partial charge in [0.1, 0.15) is 17.4 Å². The predicted octanol–water partition coefficient (Wildman–Crippen LogP) is 2.27. The van der Waals surface area contributed by atoms with Crippen molar-refractivity contribution in [2.75, 3.05) is 36.0 Å². The van der Waals surface area contributed by atoms with E-state index < -0.39 is 29.4 Å². The number of nitrogens with two attached hydrogens (primary N) is 1. The number of ether oxygens (including phenoxy) is 2. The quantitative estimate of drug-likeness (QED) is 0.768. The summed E-state index contributed by atoms with van der Waals surface area (Å²) in [5.74, 6) is -1.86. The highest BCUT2D eigenvalue weighted by atomic mass is 19.1. The topological polar surface area (TPSA) is 85.1 Å². The molecule has 29 heavy (non-hydrogen) atoms. The Hall–Kier alpha value is -2.42. The second-order valence-corrected chi connectivity index (χ2v) is 8.90. The Bertz CT molecular complexity index is 822. The Morgan fingerprint density at radius 3 is 2.28 bits per heavy atom. The highest BCUT2D eigenvalue weighted by Gasteiger charge is 2.61. The van der Waals surface area contributed by atoms with E-state index in [0.717, 1.165) is 12.1 Å². The molecule has 0 spiro atoms. The second kappa shape index (κ2) is 6.83. The SMILES string of the molecule is CC(C)(C)OC(=O)C1C2CN(c3c(F)cc(N4CC(CN)OC4=O)cc3F)CC21. The Morgan fingerprint density at radius 2 is 1.79 bits per heavy atom. The summed E-state index contributed by atoms with van der Waals surface area (Å²) in [5, 5.41) is 0. The van der Waals surface area contributed by atoms with E-state index in [9.17, 15) is 18.4 Å². The monoisotopic (exact) mass is 409 g/mol. The number of nitrogens with zero attached hydrogens (tertiary/aromatic N) is 2. The van der Waals surface area contributed by atoms with Gasteiger partial charge < -0.3 is 20.1 Å². The summed E-state index contributed by atoms with van der Waals surface area (Å²) in [6.45, 7) is 6.51. The molecule has 2 aliphatic heterocycles. The summed E-state index contributed by atoms with van der Waals surface area (Å²) >= 11 is 0. The van der Waals surface area contributed by atoms with Gasteiger partial charge in [0.05, 0.1) is 18.2 Å². The van der Waals surface area contributed by atoms with E-state index >= 15 is 0 Å². The molecular weight excluding hydrogens is 384 g/mol. The molecule has 0 radical (unpaired) electrons. The van der Waals surface area contributed by atoms with Gasteiger partial charge in [-0.15, -0.1) is 0 Å². The van der Waals surface area contributed by atoms with Gasteiger partial charge in [-0.1, -0.05) is 0 Å². The van der Waals surface area contributed by atoms with Crippen molar-refractivity contribution in [1.82, 2.24) is 0 Å². The van der Waals surface area contributed by atoms with E-state index in [2.05, 4.69) is 0 Å². The van der Waals surface area contributed by atoms with Crippen molar-refractivity contribution in [1.29, 1.82) is 0 Å². The minimum Gasteiger partial charge on any atom is -0.460 e. The molecule has 158 valence electrons. The maximum atomic E-state index is 14.8. The van der Waals surface area contributed by atoms with E-state index in [1.807, 2.05) is 20.8 Å². The number of esters is 1. The molecule has 1 aromatic rings. The van der Waals surface area contributed by atoms with Gasteiger partial charge in [0, 0.05) is 31.8 Å². The number of benzene rings is 1. The third-order valence-corrected chi connectivity index (χ3v) is 5.64. The molecule has 0 aromatic heterocycles. The fraction of sp³-hybridized carbons (Fsp3) is 0.600. The molecule has 3 fully saturated rings.